The smallest absolute Gasteiger partial charge is 0.328 e. The topological polar surface area (TPSA) is 319 Å². The minimum absolute atomic E-state index is 0.0280. The fourth-order valence-electron chi connectivity index (χ4n) is 5.04. The van der Waals surface area contributed by atoms with Crippen molar-refractivity contribution in [3.63, 3.8) is 0 Å². The van der Waals surface area contributed by atoms with E-state index in [2.05, 4.69) is 31.9 Å². The Morgan fingerprint density at radius 2 is 0.909 bits per heavy atom. The standard InChI is InChI=1S/C36H51N7O12/c1-18(2)13-26(33(51)41-27(15-22-7-11-24(47)12-8-22)34(52)43-29(17-45)36(54)55)40-35(53)28(16-44)42-31(49)20(4)38-30(48)19(3)39-32(50)25(37)14-21-5-9-23(46)10-6-21/h5-12,18-20,25-29,44-47H,13-17,37H2,1-4H3,(H,38,48)(H,39,50)(H,40,53)(H,41,51)(H,42,49)(H,43,52)(H,54,55)/t19-,20-,25-,26-,27-,28-,29-/m0/s1. The fraction of sp³-hybridized carbons (Fsp3) is 0.472. The fourth-order valence-corrected chi connectivity index (χ4v) is 5.04. The summed E-state index contributed by atoms with van der Waals surface area (Å²) in [7, 11) is 0. The lowest BCUT2D eigenvalue weighted by atomic mass is 10.0. The van der Waals surface area contributed by atoms with Crippen molar-refractivity contribution in [1.82, 2.24) is 31.9 Å². The second kappa shape index (κ2) is 21.8. The van der Waals surface area contributed by atoms with Crippen LogP contribution in [0.3, 0.4) is 0 Å². The number of rotatable bonds is 21. The number of carbonyl (C=O) groups is 7. The molecule has 0 unspecified atom stereocenters. The zero-order valence-electron chi connectivity index (χ0n) is 30.9. The third-order valence-corrected chi connectivity index (χ3v) is 8.19. The molecule has 6 amide bonds. The normalized spacial score (nSPS) is 14.8. The summed E-state index contributed by atoms with van der Waals surface area (Å²) in [5.41, 5.74) is 7.10. The summed E-state index contributed by atoms with van der Waals surface area (Å²) in [6, 6.07) is 2.29. The number of hydrogen-bond donors (Lipinski definition) is 12. The molecule has 0 aliphatic carbocycles. The van der Waals surface area contributed by atoms with Crippen LogP contribution in [-0.4, -0.2) is 122 Å². The number of aliphatic carboxylic acids is 1. The van der Waals surface area contributed by atoms with E-state index >= 15 is 0 Å². The highest BCUT2D eigenvalue weighted by Gasteiger charge is 2.32. The van der Waals surface area contributed by atoms with E-state index in [0.717, 1.165) is 0 Å². The molecule has 19 nitrogen and oxygen atoms in total. The van der Waals surface area contributed by atoms with Crippen molar-refractivity contribution in [1.29, 1.82) is 0 Å². The van der Waals surface area contributed by atoms with Crippen LogP contribution in [0, 0.1) is 5.92 Å². The average molecular weight is 774 g/mol. The highest BCUT2D eigenvalue weighted by Crippen LogP contribution is 2.13. The predicted octanol–water partition coefficient (Wildman–Crippen LogP) is -2.73. The molecule has 0 spiro atoms. The third-order valence-electron chi connectivity index (χ3n) is 8.19. The van der Waals surface area contributed by atoms with E-state index in [1.54, 1.807) is 26.0 Å². The molecule has 55 heavy (non-hydrogen) atoms. The van der Waals surface area contributed by atoms with E-state index in [0.29, 0.717) is 11.1 Å². The van der Waals surface area contributed by atoms with Gasteiger partial charge in [-0.3, -0.25) is 28.8 Å². The molecule has 7 atom stereocenters. The van der Waals surface area contributed by atoms with Gasteiger partial charge in [-0.05, 0) is 68.0 Å². The molecule has 0 aliphatic rings. The lowest BCUT2D eigenvalue weighted by Gasteiger charge is -2.27. The monoisotopic (exact) mass is 773 g/mol. The number of aliphatic hydroxyl groups is 2. The number of nitrogens with one attached hydrogen (secondary N) is 6. The van der Waals surface area contributed by atoms with Crippen molar-refractivity contribution in [2.75, 3.05) is 13.2 Å². The maximum absolute atomic E-state index is 13.6. The first kappa shape index (κ1) is 45.4. The van der Waals surface area contributed by atoms with Gasteiger partial charge in [0.2, 0.25) is 35.4 Å². The predicted molar refractivity (Wildman–Crippen MR) is 196 cm³/mol. The van der Waals surface area contributed by atoms with Gasteiger partial charge in [-0.2, -0.15) is 0 Å². The Morgan fingerprint density at radius 1 is 0.527 bits per heavy atom. The highest BCUT2D eigenvalue weighted by atomic mass is 16.4. The van der Waals surface area contributed by atoms with E-state index in [4.69, 9.17) is 5.73 Å². The average Bonchev–Trinajstić information content (AvgIpc) is 3.13. The van der Waals surface area contributed by atoms with E-state index in [-0.39, 0.29) is 36.7 Å². The number of nitrogens with two attached hydrogens (primary N) is 1. The van der Waals surface area contributed by atoms with Crippen LogP contribution >= 0.6 is 0 Å². The largest absolute Gasteiger partial charge is 0.508 e. The van der Waals surface area contributed by atoms with Crippen molar-refractivity contribution in [3.8, 4) is 11.5 Å². The number of hydrogen-bond acceptors (Lipinski definition) is 12. The van der Waals surface area contributed by atoms with E-state index in [1.807, 2.05) is 0 Å². The van der Waals surface area contributed by atoms with Crippen molar-refractivity contribution < 1.29 is 59.1 Å². The maximum Gasteiger partial charge on any atom is 0.328 e. The molecule has 302 valence electrons. The molecule has 0 saturated heterocycles. The van der Waals surface area contributed by atoms with Crippen LogP contribution in [0.2, 0.25) is 0 Å². The zero-order valence-corrected chi connectivity index (χ0v) is 30.9. The lowest BCUT2D eigenvalue weighted by molar-refractivity contribution is -0.143. The third kappa shape index (κ3) is 15.2. The molecule has 0 aliphatic heterocycles. The highest BCUT2D eigenvalue weighted by molar-refractivity contribution is 5.97. The van der Waals surface area contributed by atoms with Crippen LogP contribution < -0.4 is 37.6 Å². The molecule has 0 bridgehead atoms. The van der Waals surface area contributed by atoms with Crippen LogP contribution in [-0.2, 0) is 46.4 Å². The van der Waals surface area contributed by atoms with Gasteiger partial charge in [0.25, 0.3) is 0 Å². The second-order valence-electron chi connectivity index (χ2n) is 13.4. The van der Waals surface area contributed by atoms with Crippen molar-refractivity contribution in [3.05, 3.63) is 59.7 Å². The Labute approximate surface area is 317 Å². The van der Waals surface area contributed by atoms with Crippen LogP contribution in [0.4, 0.5) is 0 Å². The van der Waals surface area contributed by atoms with Gasteiger partial charge >= 0.3 is 5.97 Å². The number of carboxylic acids is 1. The summed E-state index contributed by atoms with van der Waals surface area (Å²) in [6.07, 6.45) is -0.0246. The minimum atomic E-state index is -1.68. The van der Waals surface area contributed by atoms with Gasteiger partial charge in [0, 0.05) is 6.42 Å². The van der Waals surface area contributed by atoms with Crippen molar-refractivity contribution in [2.45, 2.75) is 89.3 Å². The minimum Gasteiger partial charge on any atom is -0.508 e. The molecule has 2 rings (SSSR count). The summed E-state index contributed by atoms with van der Waals surface area (Å²) < 4.78 is 0. The van der Waals surface area contributed by atoms with Crippen molar-refractivity contribution >= 4 is 41.4 Å². The van der Waals surface area contributed by atoms with Crippen LogP contribution in [0.25, 0.3) is 0 Å². The summed E-state index contributed by atoms with van der Waals surface area (Å²) >= 11 is 0. The molecule has 0 saturated carbocycles. The van der Waals surface area contributed by atoms with Crippen LogP contribution in [0.5, 0.6) is 11.5 Å². The Balaban J connectivity index is 2.07. The molecular weight excluding hydrogens is 722 g/mol. The number of amides is 6. The Morgan fingerprint density at radius 3 is 1.38 bits per heavy atom. The van der Waals surface area contributed by atoms with Gasteiger partial charge in [0.1, 0.15) is 47.8 Å². The number of aliphatic hydroxyl groups excluding tert-OH is 2. The number of benzene rings is 2. The Hall–Kier alpha value is -5.79. The molecule has 2 aromatic carbocycles. The molecule has 2 aromatic rings. The van der Waals surface area contributed by atoms with E-state index < -0.39 is 96.9 Å². The van der Waals surface area contributed by atoms with E-state index in [1.165, 1.54) is 50.2 Å². The Bertz CT molecular complexity index is 1640. The first-order valence-electron chi connectivity index (χ1n) is 17.4. The number of phenolic OH excluding ortho intramolecular Hbond substituents is 2. The SMILES string of the molecule is CC(C)C[C@H](NC(=O)[C@H](CO)NC(=O)[C@H](C)NC(=O)[C@H](C)NC(=O)[C@@H](N)Cc1ccc(O)cc1)C(=O)N[C@@H](Cc1ccc(O)cc1)C(=O)N[C@@H](CO)C(=O)O. The quantitative estimate of drug-likeness (QED) is 0.0614. The van der Waals surface area contributed by atoms with Gasteiger partial charge in [-0.25, -0.2) is 4.79 Å². The van der Waals surface area contributed by atoms with Gasteiger partial charge in [0.05, 0.1) is 19.3 Å². The molecule has 0 heterocycles. The summed E-state index contributed by atoms with van der Waals surface area (Å²) in [5, 5.41) is 62.0. The van der Waals surface area contributed by atoms with Gasteiger partial charge in [-0.15, -0.1) is 0 Å². The first-order chi connectivity index (χ1) is 25.8. The number of phenols is 2. The molecule has 19 heteroatoms. The molecule has 13 N–H and O–H groups in total. The molecule has 0 radical (unpaired) electrons. The van der Waals surface area contributed by atoms with E-state index in [9.17, 15) is 59.1 Å². The number of carboxylic acid groups (broad SMARTS) is 1. The summed E-state index contributed by atoms with van der Waals surface area (Å²) in [6.45, 7) is 4.30. The molecule has 0 fully saturated rings. The van der Waals surface area contributed by atoms with Crippen LogP contribution in [0.1, 0.15) is 45.2 Å². The molecular formula is C36H51N7O12. The van der Waals surface area contributed by atoms with Gasteiger partial charge in [-0.1, -0.05) is 38.1 Å². The molecule has 0 aromatic heterocycles. The second-order valence-corrected chi connectivity index (χ2v) is 13.4. The number of carbonyl (C=O) groups excluding carboxylic acids is 6. The zero-order chi connectivity index (χ0) is 41.4. The van der Waals surface area contributed by atoms with Gasteiger partial charge in [0.15, 0.2) is 0 Å². The maximum atomic E-state index is 13.6. The summed E-state index contributed by atoms with van der Waals surface area (Å²) in [4.78, 5) is 89.7. The lowest BCUT2D eigenvalue weighted by Crippen LogP contribution is -2.60. The Kier molecular flexibility index (Phi) is 18.0. The van der Waals surface area contributed by atoms with Crippen molar-refractivity contribution in [2.24, 2.45) is 11.7 Å². The van der Waals surface area contributed by atoms with Gasteiger partial charge < -0.3 is 63.2 Å². The number of aromatic hydroxyl groups is 2. The first-order valence-corrected chi connectivity index (χ1v) is 17.4. The summed E-state index contributed by atoms with van der Waals surface area (Å²) in [5.74, 6) is -6.84. The van der Waals surface area contributed by atoms with Crippen LogP contribution in [0.15, 0.2) is 48.5 Å².